The van der Waals surface area contributed by atoms with E-state index in [9.17, 15) is 5.26 Å². The summed E-state index contributed by atoms with van der Waals surface area (Å²) in [4.78, 5) is 4.22. The van der Waals surface area contributed by atoms with E-state index in [0.717, 1.165) is 16.9 Å². The Balaban J connectivity index is 1.69. The molecule has 0 fully saturated rings. The maximum Gasteiger partial charge on any atom is 0.237 e. The Labute approximate surface area is 150 Å². The van der Waals surface area contributed by atoms with Gasteiger partial charge in [-0.3, -0.25) is 0 Å². The number of hydrogen-bond donors (Lipinski definition) is 0. The van der Waals surface area contributed by atoms with Crippen LogP contribution < -0.4 is 18.9 Å². The molecule has 0 N–H and O–H groups in total. The van der Waals surface area contributed by atoms with Crippen LogP contribution in [-0.4, -0.2) is 18.9 Å². The Bertz CT molecular complexity index is 994. The summed E-state index contributed by atoms with van der Waals surface area (Å²) < 4.78 is 21.7. The van der Waals surface area contributed by atoms with E-state index in [2.05, 4.69) is 11.1 Å². The number of aromatic nitrogens is 1. The van der Waals surface area contributed by atoms with E-state index < -0.39 is 0 Å². The third-order valence-corrected chi connectivity index (χ3v) is 3.99. The standard InChI is InChI=1S/C20H14N2O4/c1-23-14-4-2-13(3-5-14)16-8-9-22-20(17(16)11-21)26-15-6-7-18-19(10-15)25-12-24-18/h2-10H,12H2,1H3. The summed E-state index contributed by atoms with van der Waals surface area (Å²) in [5, 5.41) is 9.65. The average Bonchev–Trinajstić information content (AvgIpc) is 3.16. The fourth-order valence-electron chi connectivity index (χ4n) is 2.69. The Hall–Kier alpha value is -3.72. The molecule has 0 spiro atoms. The van der Waals surface area contributed by atoms with E-state index in [0.29, 0.717) is 22.8 Å². The number of rotatable bonds is 4. The first-order valence-corrected chi connectivity index (χ1v) is 7.89. The topological polar surface area (TPSA) is 73.6 Å². The molecular weight excluding hydrogens is 332 g/mol. The predicted molar refractivity (Wildman–Crippen MR) is 93.6 cm³/mol. The monoisotopic (exact) mass is 346 g/mol. The molecule has 0 aliphatic carbocycles. The van der Waals surface area contributed by atoms with Crippen molar-refractivity contribution in [3.8, 4) is 46.1 Å². The molecule has 2 aromatic carbocycles. The molecule has 0 bridgehead atoms. The van der Waals surface area contributed by atoms with E-state index in [4.69, 9.17) is 18.9 Å². The lowest BCUT2D eigenvalue weighted by atomic mass is 10.0. The second-order valence-corrected chi connectivity index (χ2v) is 5.50. The number of fused-ring (bicyclic) bond motifs is 1. The van der Waals surface area contributed by atoms with Crippen LogP contribution >= 0.6 is 0 Å². The van der Waals surface area contributed by atoms with Crippen molar-refractivity contribution in [3.63, 3.8) is 0 Å². The van der Waals surface area contributed by atoms with Crippen LogP contribution in [0.3, 0.4) is 0 Å². The molecule has 1 aromatic heterocycles. The zero-order valence-corrected chi connectivity index (χ0v) is 13.9. The highest BCUT2D eigenvalue weighted by molar-refractivity contribution is 5.73. The smallest absolute Gasteiger partial charge is 0.237 e. The lowest BCUT2D eigenvalue weighted by Crippen LogP contribution is -1.95. The first kappa shape index (κ1) is 15.8. The van der Waals surface area contributed by atoms with Crippen molar-refractivity contribution in [2.45, 2.75) is 0 Å². The van der Waals surface area contributed by atoms with Gasteiger partial charge in [0.1, 0.15) is 23.1 Å². The van der Waals surface area contributed by atoms with Crippen LogP contribution in [0.2, 0.25) is 0 Å². The predicted octanol–water partition coefficient (Wildman–Crippen LogP) is 4.15. The second kappa shape index (κ2) is 6.65. The molecule has 0 saturated carbocycles. The number of benzene rings is 2. The van der Waals surface area contributed by atoms with Crippen molar-refractivity contribution in [2.24, 2.45) is 0 Å². The van der Waals surface area contributed by atoms with Crippen molar-refractivity contribution in [1.29, 1.82) is 5.26 Å². The number of methoxy groups -OCH3 is 1. The average molecular weight is 346 g/mol. The fraction of sp³-hybridized carbons (Fsp3) is 0.100. The maximum atomic E-state index is 9.65. The molecule has 0 saturated heterocycles. The molecular formula is C20H14N2O4. The number of ether oxygens (including phenoxy) is 4. The van der Waals surface area contributed by atoms with E-state index in [-0.39, 0.29) is 12.7 Å². The van der Waals surface area contributed by atoms with Crippen molar-refractivity contribution in [3.05, 3.63) is 60.3 Å². The van der Waals surface area contributed by atoms with Crippen LogP contribution in [0.5, 0.6) is 28.9 Å². The highest BCUT2D eigenvalue weighted by atomic mass is 16.7. The van der Waals surface area contributed by atoms with Gasteiger partial charge in [-0.05, 0) is 35.9 Å². The molecule has 128 valence electrons. The molecule has 0 radical (unpaired) electrons. The Morgan fingerprint density at radius 2 is 1.77 bits per heavy atom. The molecule has 6 nitrogen and oxygen atoms in total. The van der Waals surface area contributed by atoms with Gasteiger partial charge < -0.3 is 18.9 Å². The summed E-state index contributed by atoms with van der Waals surface area (Å²) in [6.45, 7) is 0.188. The van der Waals surface area contributed by atoms with E-state index >= 15 is 0 Å². The minimum absolute atomic E-state index is 0.188. The zero-order valence-electron chi connectivity index (χ0n) is 13.9. The number of hydrogen-bond acceptors (Lipinski definition) is 6. The summed E-state index contributed by atoms with van der Waals surface area (Å²) in [6.07, 6.45) is 1.61. The Morgan fingerprint density at radius 3 is 2.54 bits per heavy atom. The molecule has 3 aromatic rings. The highest BCUT2D eigenvalue weighted by Gasteiger charge is 2.17. The van der Waals surface area contributed by atoms with Crippen LogP contribution in [0.1, 0.15) is 5.56 Å². The zero-order chi connectivity index (χ0) is 17.9. The van der Waals surface area contributed by atoms with Gasteiger partial charge in [-0.15, -0.1) is 0 Å². The summed E-state index contributed by atoms with van der Waals surface area (Å²) >= 11 is 0. The summed E-state index contributed by atoms with van der Waals surface area (Å²) in [6, 6.07) is 16.7. The fourth-order valence-corrected chi connectivity index (χ4v) is 2.69. The minimum Gasteiger partial charge on any atom is -0.497 e. The van der Waals surface area contributed by atoms with Crippen LogP contribution in [0.25, 0.3) is 11.1 Å². The molecule has 0 unspecified atom stereocenters. The summed E-state index contributed by atoms with van der Waals surface area (Å²) in [5.41, 5.74) is 1.97. The van der Waals surface area contributed by atoms with Crippen molar-refractivity contribution < 1.29 is 18.9 Å². The maximum absolute atomic E-state index is 9.65. The first-order chi connectivity index (χ1) is 12.8. The van der Waals surface area contributed by atoms with Crippen molar-refractivity contribution in [2.75, 3.05) is 13.9 Å². The molecule has 0 amide bonds. The van der Waals surface area contributed by atoms with E-state index in [1.54, 1.807) is 37.6 Å². The molecule has 26 heavy (non-hydrogen) atoms. The second-order valence-electron chi connectivity index (χ2n) is 5.50. The van der Waals surface area contributed by atoms with Gasteiger partial charge in [-0.1, -0.05) is 12.1 Å². The van der Waals surface area contributed by atoms with Gasteiger partial charge in [-0.2, -0.15) is 5.26 Å². The lowest BCUT2D eigenvalue weighted by Gasteiger charge is -2.11. The van der Waals surface area contributed by atoms with Crippen molar-refractivity contribution >= 4 is 0 Å². The molecule has 2 heterocycles. The summed E-state index contributed by atoms with van der Waals surface area (Å²) in [5.74, 6) is 2.77. The number of nitrogens with zero attached hydrogens (tertiary/aromatic N) is 2. The largest absolute Gasteiger partial charge is 0.497 e. The van der Waals surface area contributed by atoms with Gasteiger partial charge in [0.25, 0.3) is 0 Å². The van der Waals surface area contributed by atoms with Crippen LogP contribution in [0.4, 0.5) is 0 Å². The van der Waals surface area contributed by atoms with Gasteiger partial charge in [0.05, 0.1) is 7.11 Å². The van der Waals surface area contributed by atoms with Gasteiger partial charge >= 0.3 is 0 Å². The Kier molecular flexibility index (Phi) is 4.04. The van der Waals surface area contributed by atoms with Crippen LogP contribution in [0, 0.1) is 11.3 Å². The molecule has 0 atom stereocenters. The minimum atomic E-state index is 0.188. The number of pyridine rings is 1. The van der Waals surface area contributed by atoms with Gasteiger partial charge in [0.15, 0.2) is 11.5 Å². The highest BCUT2D eigenvalue weighted by Crippen LogP contribution is 2.38. The van der Waals surface area contributed by atoms with Gasteiger partial charge in [-0.25, -0.2) is 4.98 Å². The van der Waals surface area contributed by atoms with Crippen molar-refractivity contribution in [1.82, 2.24) is 4.98 Å². The Morgan fingerprint density at radius 1 is 1.00 bits per heavy atom. The third kappa shape index (κ3) is 2.87. The van der Waals surface area contributed by atoms with Gasteiger partial charge in [0, 0.05) is 17.8 Å². The number of nitriles is 1. The molecule has 6 heteroatoms. The quantitative estimate of drug-likeness (QED) is 0.706. The third-order valence-electron chi connectivity index (χ3n) is 3.99. The van der Waals surface area contributed by atoms with Crippen LogP contribution in [-0.2, 0) is 0 Å². The lowest BCUT2D eigenvalue weighted by molar-refractivity contribution is 0.174. The van der Waals surface area contributed by atoms with Crippen LogP contribution in [0.15, 0.2) is 54.7 Å². The van der Waals surface area contributed by atoms with Gasteiger partial charge in [0.2, 0.25) is 12.7 Å². The SMILES string of the molecule is COc1ccc(-c2ccnc(Oc3ccc4c(c3)OCO4)c2C#N)cc1. The first-order valence-electron chi connectivity index (χ1n) is 7.89. The van der Waals surface area contributed by atoms with E-state index in [1.165, 1.54) is 0 Å². The molecule has 4 rings (SSSR count). The molecule has 1 aliphatic rings. The molecule has 1 aliphatic heterocycles. The normalized spacial score (nSPS) is 11.7. The summed E-state index contributed by atoms with van der Waals surface area (Å²) in [7, 11) is 1.61. The van der Waals surface area contributed by atoms with E-state index in [1.807, 2.05) is 24.3 Å².